The number of anilines is 3. The van der Waals surface area contributed by atoms with Crippen molar-refractivity contribution < 1.29 is 101 Å². The van der Waals surface area contributed by atoms with E-state index >= 15 is 0 Å². The Morgan fingerprint density at radius 1 is 0.727 bits per heavy atom. The van der Waals surface area contributed by atoms with E-state index < -0.39 is 126 Å². The van der Waals surface area contributed by atoms with Crippen LogP contribution >= 0.6 is 0 Å². The van der Waals surface area contributed by atoms with Crippen LogP contribution < -0.4 is 64.9 Å². The van der Waals surface area contributed by atoms with Gasteiger partial charge in [-0.1, -0.05) is 123 Å². The summed E-state index contributed by atoms with van der Waals surface area (Å²) >= 11 is 0. The normalized spacial score (nSPS) is 19.4. The van der Waals surface area contributed by atoms with Gasteiger partial charge in [0.05, 0.1) is 73.8 Å². The van der Waals surface area contributed by atoms with Crippen LogP contribution in [0.2, 0.25) is 0 Å². The number of nitrogens with one attached hydrogen (secondary N) is 10. The van der Waals surface area contributed by atoms with Crippen molar-refractivity contribution >= 4 is 106 Å². The van der Waals surface area contributed by atoms with Gasteiger partial charge in [-0.2, -0.15) is 4.98 Å². The van der Waals surface area contributed by atoms with Gasteiger partial charge in [-0.05, 0) is 194 Å². The quantitative estimate of drug-likeness (QED) is 0.00557. The number of carboxylic acid groups (broad SMARTS) is 2. The molecular weight excluding hydrogens is 1790 g/mol. The van der Waals surface area contributed by atoms with Crippen molar-refractivity contribution in [1.82, 2.24) is 72.1 Å². The molecule has 748 valence electrons. The molecule has 15 atom stereocenters. The number of nitrogen functional groups attached to an aromatic ring is 1. The molecule has 4 aliphatic rings. The zero-order valence-electron chi connectivity index (χ0n) is 80.0. The van der Waals surface area contributed by atoms with Crippen LogP contribution in [0.5, 0.6) is 0 Å². The Hall–Kier alpha value is -14.3. The van der Waals surface area contributed by atoms with E-state index in [0.717, 1.165) is 60.2 Å². The molecule has 2 fully saturated rings. The van der Waals surface area contributed by atoms with Crippen molar-refractivity contribution in [2.45, 2.75) is 232 Å². The summed E-state index contributed by atoms with van der Waals surface area (Å²) < 4.78 is 29.8. The third-order valence-electron chi connectivity index (χ3n) is 24.6. The molecule has 9 amide bonds. The number of ketones is 1. The van der Waals surface area contributed by atoms with E-state index in [0.29, 0.717) is 78.7 Å². The molecule has 10 rings (SSSR count). The number of methoxy groups -OCH3 is 1. The molecule has 3 aromatic carbocycles. The second-order valence-corrected chi connectivity index (χ2v) is 35.7. The van der Waals surface area contributed by atoms with E-state index in [1.165, 1.54) is 31.5 Å². The largest absolute Gasteiger partial charge is 0.481 e. The predicted octanol–water partition coefficient (Wildman–Crippen LogP) is 8.98. The lowest BCUT2D eigenvalue weighted by Crippen LogP contribution is -2.54. The number of allylic oxidation sites excluding steroid dienone is 7. The van der Waals surface area contributed by atoms with E-state index in [1.54, 1.807) is 62.4 Å². The Labute approximate surface area is 805 Å². The highest BCUT2D eigenvalue weighted by Crippen LogP contribution is 2.53. The van der Waals surface area contributed by atoms with Gasteiger partial charge in [-0.3, -0.25) is 48.0 Å². The zero-order chi connectivity index (χ0) is 101. The van der Waals surface area contributed by atoms with Gasteiger partial charge in [0.1, 0.15) is 42.7 Å². The van der Waals surface area contributed by atoms with Crippen molar-refractivity contribution in [3.05, 3.63) is 201 Å². The molecule has 5 heterocycles. The number of fused-ring (bicyclic) bond motifs is 3. The molecule has 3 aromatic heterocycles. The second kappa shape index (κ2) is 54.0. The minimum absolute atomic E-state index is 0.0154. The number of aliphatic hydroxyl groups excluding tert-OH is 1. The number of aliphatic carboxylic acids is 2. The smallest absolute Gasteiger partial charge is 0.408 e. The molecule has 40 nitrogen and oxygen atoms in total. The first kappa shape index (κ1) is 108. The summed E-state index contributed by atoms with van der Waals surface area (Å²) in [6, 6.07) is 13.9. The molecular formula is C99H130N18O22. The van der Waals surface area contributed by atoms with Crippen LogP contribution in [-0.2, 0) is 95.1 Å². The third kappa shape index (κ3) is 35.0. The summed E-state index contributed by atoms with van der Waals surface area (Å²) in [7, 11) is 3.07. The Morgan fingerprint density at radius 3 is 2.10 bits per heavy atom. The molecule has 17 N–H and O–H groups in total. The lowest BCUT2D eigenvalue weighted by atomic mass is 9.87. The van der Waals surface area contributed by atoms with E-state index in [9.17, 15) is 82.4 Å². The van der Waals surface area contributed by atoms with Gasteiger partial charge in [0.15, 0.2) is 11.2 Å². The van der Waals surface area contributed by atoms with Gasteiger partial charge in [-0.25, -0.2) is 38.7 Å². The van der Waals surface area contributed by atoms with Gasteiger partial charge in [0.25, 0.3) is 17.4 Å². The van der Waals surface area contributed by atoms with Crippen molar-refractivity contribution in [3.8, 4) is 0 Å². The highest BCUT2D eigenvalue weighted by atomic mass is 16.6. The lowest BCUT2D eigenvalue weighted by Gasteiger charge is -2.39. The number of H-pyrrole nitrogens is 1. The number of carbonyl (C=O) groups excluding carboxylic acids is 11. The molecule has 1 saturated heterocycles. The van der Waals surface area contributed by atoms with Crippen LogP contribution in [0, 0.1) is 48.3 Å². The summed E-state index contributed by atoms with van der Waals surface area (Å²) in [6.07, 6.45) is 22.2. The number of nitrogens with two attached hydrogens (primary N) is 2. The topological polar surface area (TPSA) is 591 Å². The number of aromatic amines is 1. The number of amides is 9. The number of aromatic nitrogens is 7. The molecule has 139 heavy (non-hydrogen) atoms. The van der Waals surface area contributed by atoms with Gasteiger partial charge >= 0.3 is 42.1 Å². The monoisotopic (exact) mass is 1920 g/mol. The number of nitrogens with zero attached hydrogens (tertiary/aromatic N) is 6. The number of cyclic esters (lactones) is 1. The number of benzene rings is 3. The summed E-state index contributed by atoms with van der Waals surface area (Å²) in [5, 5.41) is 63.6. The molecule has 0 unspecified atom stereocenters. The highest BCUT2D eigenvalue weighted by Gasteiger charge is 2.51. The summed E-state index contributed by atoms with van der Waals surface area (Å²) in [5.41, 5.74) is 18.3. The van der Waals surface area contributed by atoms with Crippen LogP contribution in [0.4, 0.5) is 31.7 Å². The molecule has 40 heteroatoms. The maximum Gasteiger partial charge on any atom is 0.408 e. The van der Waals surface area contributed by atoms with E-state index in [4.69, 9.17) is 35.2 Å². The van der Waals surface area contributed by atoms with Crippen LogP contribution in [-0.4, -0.2) is 209 Å². The van der Waals surface area contributed by atoms with Crippen LogP contribution in [0.15, 0.2) is 156 Å². The fourth-order valence-corrected chi connectivity index (χ4v) is 16.5. The molecule has 2 aliphatic heterocycles. The number of aryl methyl sites for hydroxylation is 3. The summed E-state index contributed by atoms with van der Waals surface area (Å²) in [4.78, 5) is 191. The van der Waals surface area contributed by atoms with Crippen molar-refractivity contribution in [1.29, 1.82) is 0 Å². The van der Waals surface area contributed by atoms with Crippen LogP contribution in [0.25, 0.3) is 11.2 Å². The number of carboxylic acids is 2. The number of urea groups is 1. The van der Waals surface area contributed by atoms with E-state index in [2.05, 4.69) is 91.1 Å². The number of rotatable bonds is 47. The van der Waals surface area contributed by atoms with E-state index in [-0.39, 0.29) is 135 Å². The van der Waals surface area contributed by atoms with Crippen molar-refractivity contribution in [2.24, 2.45) is 54.2 Å². The molecule has 0 spiro atoms. The molecule has 0 bridgehead atoms. The zero-order valence-corrected chi connectivity index (χ0v) is 80.0. The first-order chi connectivity index (χ1) is 66.4. The Balaban J connectivity index is 0.000000323. The molecule has 6 aromatic rings. The molecule has 2 aliphatic carbocycles. The average molecular weight is 1920 g/mol. The fourth-order valence-electron chi connectivity index (χ4n) is 16.5. The third-order valence-corrected chi connectivity index (χ3v) is 24.6. The number of hydrogen-bond acceptors (Lipinski definition) is 27. The molecule has 0 radical (unpaired) electrons. The van der Waals surface area contributed by atoms with Gasteiger partial charge in [-0.15, -0.1) is 5.10 Å². The number of ether oxygens (including phenoxy) is 5. The van der Waals surface area contributed by atoms with E-state index in [1.807, 2.05) is 107 Å². The molecule has 1 saturated carbocycles. The minimum Gasteiger partial charge on any atom is -0.481 e. The first-order valence-corrected chi connectivity index (χ1v) is 46.8. The Kier molecular flexibility index (Phi) is 42.1. The number of unbranched alkanes of at least 4 members (excludes halogenated alkanes) is 1. The number of alkyl carbamates (subject to hydrolysis) is 2. The standard InChI is InChI=1S/C59H83N9O11.C40H47N9O11/c1-9-14-51-39(7)49(69)32-52(78-51)46(18-11-16-37(5)31-36(4)15-10-17-38(6)50-20-12-21-53(70)79-50)64-58(74)76-33-40-22-24-41(25-23-40)62-55(71)47(19-13-30-61-57(60)73)63-56(72)54(35(2)3)65-59(75)77-34-44-42-26-28-45-48(29-27-43(42)44)68(8)67-66-45;1-22-6-8-23(9-7-22)34(52)42-18-4-3-5-30(39(59)60-2)46-31(51)17-12-25(37(55)56)19-28(50)15-16-29(38(57)58)47-35(53)24-10-13-26(14-11-24)43-20-27-21-44-33-32(45-27)36(54)49-40(41)48-33/h9-12,14-18,21-25,35-36,39,42-44,46-47,49-52,54,69H,13,19-20,26-34H2,1-8H3,(H,62,71)(H,63,72)(H,64,74)(H,65,75)(H3,60,61,73);6-11,13-14,21,25,29-30,43H,3-5,12,15-20H2,1-2H3,(H,42,52)(H,46,51)(H,47,53)(H,55,56)(H,57,58)(H3,41,44,48,49,54)/b14-9+,15-10-,18-11+,37-16+,38-17+;/t36-,39-,42+,43-,44+,46-,47-,49+,50+,51-,52-,54-;25-,29+,30+/m01/s1. The highest BCUT2D eigenvalue weighted by molar-refractivity contribution is 5.99. The number of primary amides is 1. The number of carbonyl (C=O) groups is 13. The maximum absolute atomic E-state index is 13.8. The van der Waals surface area contributed by atoms with Gasteiger partial charge in [0, 0.05) is 86.7 Å². The van der Waals surface area contributed by atoms with Gasteiger partial charge in [0.2, 0.25) is 23.7 Å². The fraction of sp³-hybridized carbons (Fsp3) is 0.485. The summed E-state index contributed by atoms with van der Waals surface area (Å²) in [6.45, 7) is 16.2. The van der Waals surface area contributed by atoms with Crippen LogP contribution in [0.3, 0.4) is 0 Å². The number of hydrogen-bond donors (Lipinski definition) is 15. The number of Topliss-reactive ketones (excluding diaryl/α,β-unsaturated/α-hetero) is 1. The van der Waals surface area contributed by atoms with Crippen molar-refractivity contribution in [2.75, 3.05) is 43.2 Å². The average Bonchev–Trinajstić information content (AvgIpc) is 1.61. The Bertz CT molecular complexity index is 5520. The lowest BCUT2D eigenvalue weighted by molar-refractivity contribution is -0.146. The predicted molar refractivity (Wildman–Crippen MR) is 514 cm³/mol. The second-order valence-electron chi connectivity index (χ2n) is 35.7. The number of aliphatic hydroxyl groups is 1. The maximum atomic E-state index is 13.8. The minimum atomic E-state index is -1.47. The van der Waals surface area contributed by atoms with Crippen molar-refractivity contribution in [3.63, 3.8) is 0 Å². The first-order valence-electron chi connectivity index (χ1n) is 46.8. The van der Waals surface area contributed by atoms with Crippen LogP contribution in [0.1, 0.15) is 194 Å². The van der Waals surface area contributed by atoms with Gasteiger partial charge < -0.3 is 98.3 Å². The summed E-state index contributed by atoms with van der Waals surface area (Å²) in [5.74, 6) is -7.58. The Morgan fingerprint density at radius 2 is 1.41 bits per heavy atom. The number of esters is 2. The SMILES string of the molecule is C/C=C/[C@@H]1O[C@H]([C@H](/C=C/C=C(\C)C[C@@H](C)/C=C\C=C(/C)[C@H]2CC=CC(=O)O2)NC(=O)OCc2ccc(NC(=O)[C@H](CCCNC(N)=O)NC(=O)[C@@H](NC(=O)OC[C@@H]3[C@@H]4CCc5nnn(C)c5CC[C@@H]43)C(C)C)cc2)C[C@@H](O)[C@@H]1C.COC(=O)[C@H](CCCCNC(=O)c1ccc(C)cc1)NC(=O)CC[C@H](CC(=O)CC[C@H](NC(=O)c1ccc(NCc2cnc3nc(N)[nH]c(=O)c3n2)cc1)C(=O)O)C(=O)O.